The lowest BCUT2D eigenvalue weighted by molar-refractivity contribution is 0.206. The van der Waals surface area contributed by atoms with E-state index in [2.05, 4.69) is 10.6 Å². The first-order valence-electron chi connectivity index (χ1n) is 5.97. The zero-order chi connectivity index (χ0) is 13.2. The van der Waals surface area contributed by atoms with Crippen molar-refractivity contribution in [2.75, 3.05) is 18.5 Å². The molecule has 18 heavy (non-hydrogen) atoms. The van der Waals surface area contributed by atoms with Gasteiger partial charge in [-0.1, -0.05) is 6.07 Å². The highest BCUT2D eigenvalue weighted by atomic mass is 19.1. The first-order valence-corrected chi connectivity index (χ1v) is 5.97. The summed E-state index contributed by atoms with van der Waals surface area (Å²) in [5, 5.41) is 14.4. The fourth-order valence-corrected chi connectivity index (χ4v) is 1.68. The highest BCUT2D eigenvalue weighted by molar-refractivity contribution is 5.89. The number of hydrogen-bond acceptors (Lipinski definition) is 2. The molecule has 0 saturated heterocycles. The van der Waals surface area contributed by atoms with E-state index in [0.29, 0.717) is 17.8 Å². The molecular formula is C13H17FN2O2. The Bertz CT molecular complexity index is 458. The third-order valence-electron chi connectivity index (χ3n) is 3.35. The molecule has 0 spiro atoms. The number of halogens is 1. The van der Waals surface area contributed by atoms with Crippen LogP contribution in [0.4, 0.5) is 14.9 Å². The lowest BCUT2D eigenvalue weighted by atomic mass is 10.1. The van der Waals surface area contributed by atoms with Gasteiger partial charge in [-0.3, -0.25) is 0 Å². The first kappa shape index (κ1) is 12.8. The number of anilines is 1. The Labute approximate surface area is 105 Å². The summed E-state index contributed by atoms with van der Waals surface area (Å²) >= 11 is 0. The molecule has 1 aromatic carbocycles. The Hall–Kier alpha value is -1.62. The van der Waals surface area contributed by atoms with Gasteiger partial charge in [-0.05, 0) is 37.5 Å². The molecule has 2 rings (SSSR count). The second-order valence-corrected chi connectivity index (χ2v) is 4.93. The van der Waals surface area contributed by atoms with Crippen molar-refractivity contribution in [2.45, 2.75) is 19.8 Å². The number of aliphatic hydroxyl groups excluding tert-OH is 1. The zero-order valence-corrected chi connectivity index (χ0v) is 10.3. The molecule has 1 fully saturated rings. The van der Waals surface area contributed by atoms with Crippen LogP contribution in [0.25, 0.3) is 0 Å². The number of hydrogen-bond donors (Lipinski definition) is 3. The van der Waals surface area contributed by atoms with E-state index in [1.54, 1.807) is 19.1 Å². The predicted octanol–water partition coefficient (Wildman–Crippen LogP) is 2.03. The topological polar surface area (TPSA) is 61.4 Å². The fraction of sp³-hybridized carbons (Fsp3) is 0.462. The van der Waals surface area contributed by atoms with Crippen LogP contribution in [-0.2, 0) is 0 Å². The van der Waals surface area contributed by atoms with Crippen LogP contribution in [0.2, 0.25) is 0 Å². The van der Waals surface area contributed by atoms with Gasteiger partial charge in [-0.2, -0.15) is 0 Å². The Kier molecular flexibility index (Phi) is 3.52. The normalized spacial score (nSPS) is 16.2. The van der Waals surface area contributed by atoms with Crippen LogP contribution in [0.15, 0.2) is 18.2 Å². The molecule has 1 aliphatic carbocycles. The average Bonchev–Trinajstić information content (AvgIpc) is 3.12. The number of urea groups is 1. The van der Waals surface area contributed by atoms with Gasteiger partial charge in [0.25, 0.3) is 0 Å². The minimum Gasteiger partial charge on any atom is -0.396 e. The van der Waals surface area contributed by atoms with Gasteiger partial charge in [0.2, 0.25) is 0 Å². The molecule has 98 valence electrons. The van der Waals surface area contributed by atoms with Crippen molar-refractivity contribution in [1.82, 2.24) is 5.32 Å². The van der Waals surface area contributed by atoms with Crippen LogP contribution >= 0.6 is 0 Å². The highest BCUT2D eigenvalue weighted by Gasteiger charge is 2.42. The van der Waals surface area contributed by atoms with E-state index >= 15 is 0 Å². The van der Waals surface area contributed by atoms with Gasteiger partial charge in [0.15, 0.2) is 0 Å². The molecule has 0 heterocycles. The second-order valence-electron chi connectivity index (χ2n) is 4.93. The Balaban J connectivity index is 1.85. The molecule has 0 unspecified atom stereocenters. The number of amides is 2. The van der Waals surface area contributed by atoms with Crippen molar-refractivity contribution in [3.8, 4) is 0 Å². The summed E-state index contributed by atoms with van der Waals surface area (Å²) in [7, 11) is 0. The number of carbonyl (C=O) groups is 1. The minimum absolute atomic E-state index is 0.0897. The summed E-state index contributed by atoms with van der Waals surface area (Å²) in [6, 6.07) is 4.17. The summed E-state index contributed by atoms with van der Waals surface area (Å²) in [6.07, 6.45) is 1.87. The van der Waals surface area contributed by atoms with Gasteiger partial charge >= 0.3 is 6.03 Å². The number of rotatable bonds is 4. The Morgan fingerprint density at radius 3 is 2.78 bits per heavy atom. The number of aliphatic hydroxyl groups is 1. The van der Waals surface area contributed by atoms with Crippen LogP contribution in [-0.4, -0.2) is 24.3 Å². The van der Waals surface area contributed by atoms with E-state index < -0.39 is 0 Å². The van der Waals surface area contributed by atoms with E-state index in [4.69, 9.17) is 5.11 Å². The molecule has 0 aromatic heterocycles. The maximum absolute atomic E-state index is 13.3. The van der Waals surface area contributed by atoms with Crippen LogP contribution in [0.5, 0.6) is 0 Å². The lowest BCUT2D eigenvalue weighted by Gasteiger charge is -2.13. The van der Waals surface area contributed by atoms with Gasteiger partial charge in [0.05, 0.1) is 6.61 Å². The Morgan fingerprint density at radius 2 is 2.22 bits per heavy atom. The second kappa shape index (κ2) is 4.94. The largest absolute Gasteiger partial charge is 0.396 e. The average molecular weight is 252 g/mol. The maximum atomic E-state index is 13.3. The first-order chi connectivity index (χ1) is 8.54. The van der Waals surface area contributed by atoms with E-state index in [0.717, 1.165) is 12.8 Å². The molecule has 0 atom stereocenters. The number of benzene rings is 1. The SMILES string of the molecule is Cc1ccc(NC(=O)NCC2(CO)CC2)cc1F. The molecule has 1 aromatic rings. The Morgan fingerprint density at radius 1 is 1.50 bits per heavy atom. The number of aryl methyl sites for hydroxylation is 1. The van der Waals surface area contributed by atoms with Crippen LogP contribution in [0, 0.1) is 18.2 Å². The van der Waals surface area contributed by atoms with Crippen molar-refractivity contribution >= 4 is 11.7 Å². The summed E-state index contributed by atoms with van der Waals surface area (Å²) in [4.78, 5) is 11.6. The molecule has 0 bridgehead atoms. The van der Waals surface area contributed by atoms with E-state index in [1.165, 1.54) is 6.07 Å². The maximum Gasteiger partial charge on any atom is 0.319 e. The van der Waals surface area contributed by atoms with Gasteiger partial charge in [-0.15, -0.1) is 0 Å². The third-order valence-corrected chi connectivity index (χ3v) is 3.35. The standard InChI is InChI=1S/C13H17FN2O2/c1-9-2-3-10(6-11(9)14)16-12(18)15-7-13(8-17)4-5-13/h2-3,6,17H,4-5,7-8H2,1H3,(H2,15,16,18). The van der Waals surface area contributed by atoms with Crippen molar-refractivity contribution in [2.24, 2.45) is 5.41 Å². The molecule has 4 nitrogen and oxygen atoms in total. The molecule has 1 saturated carbocycles. The smallest absolute Gasteiger partial charge is 0.319 e. The van der Waals surface area contributed by atoms with Crippen LogP contribution in [0.3, 0.4) is 0 Å². The van der Waals surface area contributed by atoms with E-state index in [9.17, 15) is 9.18 Å². The van der Waals surface area contributed by atoms with Crippen molar-refractivity contribution in [1.29, 1.82) is 0 Å². The molecular weight excluding hydrogens is 235 g/mol. The van der Waals surface area contributed by atoms with Crippen LogP contribution < -0.4 is 10.6 Å². The van der Waals surface area contributed by atoms with Crippen molar-refractivity contribution in [3.05, 3.63) is 29.6 Å². The van der Waals surface area contributed by atoms with E-state index in [1.807, 2.05) is 0 Å². The van der Waals surface area contributed by atoms with Gasteiger partial charge < -0.3 is 15.7 Å². The molecule has 1 aliphatic rings. The zero-order valence-electron chi connectivity index (χ0n) is 10.3. The quantitative estimate of drug-likeness (QED) is 0.767. The van der Waals surface area contributed by atoms with Crippen molar-refractivity contribution < 1.29 is 14.3 Å². The van der Waals surface area contributed by atoms with Gasteiger partial charge in [0.1, 0.15) is 5.82 Å². The van der Waals surface area contributed by atoms with Crippen molar-refractivity contribution in [3.63, 3.8) is 0 Å². The molecule has 5 heteroatoms. The number of nitrogens with one attached hydrogen (secondary N) is 2. The fourth-order valence-electron chi connectivity index (χ4n) is 1.68. The lowest BCUT2D eigenvalue weighted by Crippen LogP contribution is -2.35. The third kappa shape index (κ3) is 2.98. The molecule has 3 N–H and O–H groups in total. The summed E-state index contributed by atoms with van der Waals surface area (Å²) in [5.74, 6) is -0.346. The monoisotopic (exact) mass is 252 g/mol. The van der Waals surface area contributed by atoms with Gasteiger partial charge in [0, 0.05) is 17.6 Å². The molecule has 0 radical (unpaired) electrons. The van der Waals surface area contributed by atoms with E-state index in [-0.39, 0.29) is 23.9 Å². The highest BCUT2D eigenvalue weighted by Crippen LogP contribution is 2.44. The molecule has 0 aliphatic heterocycles. The predicted molar refractivity (Wildman–Crippen MR) is 66.9 cm³/mol. The number of carbonyl (C=O) groups excluding carboxylic acids is 1. The van der Waals surface area contributed by atoms with Gasteiger partial charge in [-0.25, -0.2) is 9.18 Å². The summed E-state index contributed by atoms with van der Waals surface area (Å²) in [6.45, 7) is 2.20. The van der Waals surface area contributed by atoms with Crippen LogP contribution in [0.1, 0.15) is 18.4 Å². The summed E-state index contributed by atoms with van der Waals surface area (Å²) in [5.41, 5.74) is 0.832. The summed E-state index contributed by atoms with van der Waals surface area (Å²) < 4.78 is 13.3. The minimum atomic E-state index is -0.377. The molecule has 2 amide bonds.